The molecule has 5 heteroatoms. The molecule has 0 heterocycles. The topological polar surface area (TPSA) is 37.4 Å². The van der Waals surface area contributed by atoms with Crippen molar-refractivity contribution in [1.29, 1.82) is 0 Å². The molecule has 3 nitrogen and oxygen atoms in total. The number of rotatable bonds is 5. The SMILES string of the molecule is C=CCN(C12CC(Cl)(C1)C2)S(=O)(=O)c1ccc(C)cc1. The van der Waals surface area contributed by atoms with E-state index in [0.717, 1.165) is 24.8 Å². The van der Waals surface area contributed by atoms with Gasteiger partial charge in [-0.05, 0) is 38.3 Å². The van der Waals surface area contributed by atoms with Gasteiger partial charge in [-0.25, -0.2) is 8.42 Å². The molecule has 3 aliphatic rings. The van der Waals surface area contributed by atoms with Crippen molar-refractivity contribution in [2.45, 2.75) is 41.5 Å². The first-order valence-electron chi connectivity index (χ1n) is 6.71. The number of sulfonamides is 1. The lowest BCUT2D eigenvalue weighted by atomic mass is 9.49. The van der Waals surface area contributed by atoms with Crippen LogP contribution in [0.5, 0.6) is 0 Å². The van der Waals surface area contributed by atoms with Gasteiger partial charge in [0, 0.05) is 12.1 Å². The standard InChI is InChI=1S/C15H18ClNO2S/c1-3-8-17(15-9-14(16,10-15)11-15)20(18,19)13-6-4-12(2)5-7-13/h3-7H,1,8-11H2,2H3. The molecule has 4 rings (SSSR count). The summed E-state index contributed by atoms with van der Waals surface area (Å²) in [6.07, 6.45) is 3.90. The highest BCUT2D eigenvalue weighted by Gasteiger charge is 2.71. The van der Waals surface area contributed by atoms with Crippen LogP contribution in [0, 0.1) is 6.92 Å². The second kappa shape index (κ2) is 4.33. The molecule has 2 bridgehead atoms. The normalized spacial score (nSPS) is 31.6. The molecule has 0 atom stereocenters. The van der Waals surface area contributed by atoms with Crippen molar-refractivity contribution >= 4 is 21.6 Å². The van der Waals surface area contributed by atoms with Crippen LogP contribution in [0.4, 0.5) is 0 Å². The summed E-state index contributed by atoms with van der Waals surface area (Å²) in [5.74, 6) is 0. The summed E-state index contributed by atoms with van der Waals surface area (Å²) in [5, 5.41) is 0. The van der Waals surface area contributed by atoms with E-state index in [-0.39, 0.29) is 10.4 Å². The van der Waals surface area contributed by atoms with E-state index in [9.17, 15) is 8.42 Å². The van der Waals surface area contributed by atoms with Crippen molar-refractivity contribution in [2.24, 2.45) is 0 Å². The number of hydrogen-bond acceptors (Lipinski definition) is 2. The van der Waals surface area contributed by atoms with Gasteiger partial charge in [0.2, 0.25) is 10.0 Å². The highest BCUT2D eigenvalue weighted by atomic mass is 35.5. The van der Waals surface area contributed by atoms with E-state index in [4.69, 9.17) is 11.6 Å². The zero-order valence-corrected chi connectivity index (χ0v) is 13.0. The Hall–Kier alpha value is -0.840. The monoisotopic (exact) mass is 311 g/mol. The third-order valence-corrected chi connectivity index (χ3v) is 6.76. The molecular weight excluding hydrogens is 294 g/mol. The van der Waals surface area contributed by atoms with Gasteiger partial charge in [0.05, 0.1) is 9.77 Å². The van der Waals surface area contributed by atoms with Crippen molar-refractivity contribution in [3.63, 3.8) is 0 Å². The number of aryl methyl sites for hydroxylation is 1. The summed E-state index contributed by atoms with van der Waals surface area (Å²) in [4.78, 5) is 0.195. The first-order valence-corrected chi connectivity index (χ1v) is 8.53. The van der Waals surface area contributed by atoms with Gasteiger partial charge in [-0.1, -0.05) is 23.8 Å². The minimum atomic E-state index is -3.48. The second-order valence-corrected chi connectivity index (χ2v) is 8.71. The number of halogens is 1. The van der Waals surface area contributed by atoms with Crippen LogP contribution in [-0.2, 0) is 10.0 Å². The lowest BCUT2D eigenvalue weighted by Gasteiger charge is -2.70. The summed E-state index contributed by atoms with van der Waals surface area (Å²) in [6, 6.07) is 6.99. The number of alkyl halides is 1. The summed E-state index contributed by atoms with van der Waals surface area (Å²) in [6.45, 7) is 5.97. The average Bonchev–Trinajstić information content (AvgIpc) is 2.32. The molecule has 108 valence electrons. The highest BCUT2D eigenvalue weighted by molar-refractivity contribution is 7.89. The third kappa shape index (κ3) is 1.93. The first kappa shape index (κ1) is 14.1. The molecule has 20 heavy (non-hydrogen) atoms. The van der Waals surface area contributed by atoms with Gasteiger partial charge in [0.25, 0.3) is 0 Å². The van der Waals surface area contributed by atoms with Crippen LogP contribution < -0.4 is 0 Å². The Balaban J connectivity index is 1.94. The predicted molar refractivity (Wildman–Crippen MR) is 80.4 cm³/mol. The summed E-state index contributed by atoms with van der Waals surface area (Å²) in [5.41, 5.74) is 0.768. The Morgan fingerprint density at radius 2 is 1.85 bits per heavy atom. The Bertz CT molecular complexity index is 631. The lowest BCUT2D eigenvalue weighted by molar-refractivity contribution is -0.0779. The van der Waals surface area contributed by atoms with Crippen LogP contribution in [-0.4, -0.2) is 29.7 Å². The van der Waals surface area contributed by atoms with Crippen LogP contribution >= 0.6 is 11.6 Å². The fourth-order valence-electron chi connectivity index (χ4n) is 3.38. The maximum absolute atomic E-state index is 12.8. The molecule has 1 aromatic carbocycles. The first-order chi connectivity index (χ1) is 9.31. The second-order valence-electron chi connectivity index (χ2n) is 6.04. The Labute approximate surface area is 125 Å². The van der Waals surface area contributed by atoms with Crippen LogP contribution in [0.15, 0.2) is 41.8 Å². The van der Waals surface area contributed by atoms with E-state index in [1.54, 1.807) is 22.5 Å². The number of benzene rings is 1. The van der Waals surface area contributed by atoms with Gasteiger partial charge < -0.3 is 0 Å². The van der Waals surface area contributed by atoms with Crippen molar-refractivity contribution in [3.05, 3.63) is 42.5 Å². The number of hydrogen-bond donors (Lipinski definition) is 0. The molecule has 3 fully saturated rings. The zero-order valence-electron chi connectivity index (χ0n) is 11.5. The molecule has 0 aliphatic heterocycles. The largest absolute Gasteiger partial charge is 0.243 e. The summed E-state index contributed by atoms with van der Waals surface area (Å²) in [7, 11) is -3.48. The Morgan fingerprint density at radius 3 is 2.30 bits per heavy atom. The predicted octanol–water partition coefficient (Wildman–Crippen LogP) is 3.09. The van der Waals surface area contributed by atoms with E-state index in [1.165, 1.54) is 0 Å². The van der Waals surface area contributed by atoms with E-state index >= 15 is 0 Å². The van der Waals surface area contributed by atoms with Crippen LogP contribution in [0.25, 0.3) is 0 Å². The summed E-state index contributed by atoms with van der Waals surface area (Å²) >= 11 is 6.27. The molecule has 0 radical (unpaired) electrons. The van der Waals surface area contributed by atoms with E-state index in [2.05, 4.69) is 6.58 Å². The quantitative estimate of drug-likeness (QED) is 0.619. The fourth-order valence-corrected chi connectivity index (χ4v) is 5.87. The molecule has 0 amide bonds. The van der Waals surface area contributed by atoms with Gasteiger partial charge >= 0.3 is 0 Å². The maximum Gasteiger partial charge on any atom is 0.243 e. The molecule has 3 aliphatic carbocycles. The minimum absolute atomic E-state index is 0.151. The highest BCUT2D eigenvalue weighted by Crippen LogP contribution is 2.68. The molecule has 0 unspecified atom stereocenters. The molecule has 3 saturated carbocycles. The summed E-state index contributed by atoms with van der Waals surface area (Å²) < 4.78 is 27.3. The van der Waals surface area contributed by atoms with Gasteiger partial charge in [-0.2, -0.15) is 4.31 Å². The van der Waals surface area contributed by atoms with E-state index in [0.29, 0.717) is 11.4 Å². The van der Waals surface area contributed by atoms with Crippen molar-refractivity contribution in [2.75, 3.05) is 6.54 Å². The molecule has 0 saturated heterocycles. The minimum Gasteiger partial charge on any atom is -0.207 e. The molecule has 0 N–H and O–H groups in total. The van der Waals surface area contributed by atoms with Gasteiger partial charge in [0.1, 0.15) is 0 Å². The number of nitrogens with zero attached hydrogens (tertiary/aromatic N) is 1. The van der Waals surface area contributed by atoms with Crippen molar-refractivity contribution in [1.82, 2.24) is 4.31 Å². The molecular formula is C15H18ClNO2S. The average molecular weight is 312 g/mol. The molecule has 1 aromatic rings. The van der Waals surface area contributed by atoms with Gasteiger partial charge in [-0.15, -0.1) is 18.2 Å². The van der Waals surface area contributed by atoms with Crippen LogP contribution in [0.2, 0.25) is 0 Å². The van der Waals surface area contributed by atoms with E-state index in [1.807, 2.05) is 19.1 Å². The van der Waals surface area contributed by atoms with E-state index < -0.39 is 10.0 Å². The fraction of sp³-hybridized carbons (Fsp3) is 0.467. The van der Waals surface area contributed by atoms with Crippen molar-refractivity contribution in [3.8, 4) is 0 Å². The van der Waals surface area contributed by atoms with Gasteiger partial charge in [-0.3, -0.25) is 0 Å². The van der Waals surface area contributed by atoms with Crippen LogP contribution in [0.3, 0.4) is 0 Å². The van der Waals surface area contributed by atoms with Gasteiger partial charge in [0.15, 0.2) is 0 Å². The Morgan fingerprint density at radius 1 is 1.30 bits per heavy atom. The van der Waals surface area contributed by atoms with Crippen LogP contribution in [0.1, 0.15) is 24.8 Å². The maximum atomic E-state index is 12.8. The zero-order chi connectivity index (χ0) is 14.6. The molecule has 0 spiro atoms. The third-order valence-electron chi connectivity index (χ3n) is 4.37. The smallest absolute Gasteiger partial charge is 0.207 e. The lowest BCUT2D eigenvalue weighted by Crippen LogP contribution is -2.77. The Kier molecular flexibility index (Phi) is 3.05. The van der Waals surface area contributed by atoms with Crippen molar-refractivity contribution < 1.29 is 8.42 Å². The molecule has 0 aromatic heterocycles.